The molecule has 2 N–H and O–H groups in total. The normalized spacial score (nSPS) is 10.6. The summed E-state index contributed by atoms with van der Waals surface area (Å²) in [5.74, 6) is 1.49. The first-order chi connectivity index (χ1) is 9.71. The van der Waals surface area contributed by atoms with Gasteiger partial charge in [0, 0.05) is 17.8 Å². The van der Waals surface area contributed by atoms with Gasteiger partial charge < -0.3 is 15.2 Å². The number of nitrogens with zero attached hydrogens (tertiary/aromatic N) is 1. The molecule has 0 spiro atoms. The quantitative estimate of drug-likeness (QED) is 0.889. The van der Waals surface area contributed by atoms with Gasteiger partial charge in [-0.05, 0) is 24.1 Å². The molecule has 108 valence electrons. The van der Waals surface area contributed by atoms with Gasteiger partial charge in [-0.25, -0.2) is 4.98 Å². The van der Waals surface area contributed by atoms with Crippen LogP contribution in [0.3, 0.4) is 0 Å². The van der Waals surface area contributed by atoms with Crippen LogP contribution in [0, 0.1) is 0 Å². The Kier molecular flexibility index (Phi) is 4.98. The smallest absolute Gasteiger partial charge is 0.160 e. The second-order valence-electron chi connectivity index (χ2n) is 4.40. The minimum atomic E-state index is 0.562. The lowest BCUT2D eigenvalue weighted by atomic mass is 10.1. The van der Waals surface area contributed by atoms with Crippen LogP contribution >= 0.6 is 11.3 Å². The van der Waals surface area contributed by atoms with Gasteiger partial charge in [0.25, 0.3) is 0 Å². The predicted octanol–water partition coefficient (Wildman–Crippen LogP) is 2.77. The van der Waals surface area contributed by atoms with Crippen molar-refractivity contribution < 1.29 is 9.47 Å². The zero-order valence-corrected chi connectivity index (χ0v) is 12.9. The van der Waals surface area contributed by atoms with Crippen molar-refractivity contribution in [1.29, 1.82) is 0 Å². The van der Waals surface area contributed by atoms with E-state index >= 15 is 0 Å². The van der Waals surface area contributed by atoms with Crippen molar-refractivity contribution in [1.82, 2.24) is 4.98 Å². The van der Waals surface area contributed by atoms with Crippen LogP contribution in [0.5, 0.6) is 11.5 Å². The average molecular weight is 292 g/mol. The van der Waals surface area contributed by atoms with Crippen molar-refractivity contribution in [3.8, 4) is 11.5 Å². The highest BCUT2D eigenvalue weighted by Crippen LogP contribution is 2.29. The Morgan fingerprint density at radius 1 is 1.20 bits per heavy atom. The molecule has 0 unspecified atom stereocenters. The number of benzene rings is 1. The Morgan fingerprint density at radius 3 is 2.50 bits per heavy atom. The summed E-state index contributed by atoms with van der Waals surface area (Å²) in [7, 11) is 3.28. The maximum absolute atomic E-state index is 5.75. The van der Waals surface area contributed by atoms with E-state index < -0.39 is 0 Å². The maximum atomic E-state index is 5.75. The van der Waals surface area contributed by atoms with E-state index in [0.29, 0.717) is 6.54 Å². The van der Waals surface area contributed by atoms with Crippen LogP contribution in [0.1, 0.15) is 28.1 Å². The van der Waals surface area contributed by atoms with E-state index in [0.717, 1.165) is 40.6 Å². The van der Waals surface area contributed by atoms with E-state index in [-0.39, 0.29) is 0 Å². The molecule has 20 heavy (non-hydrogen) atoms. The van der Waals surface area contributed by atoms with Crippen LogP contribution < -0.4 is 15.2 Å². The Hall–Kier alpha value is -1.59. The van der Waals surface area contributed by atoms with Gasteiger partial charge in [0.15, 0.2) is 11.5 Å². The summed E-state index contributed by atoms with van der Waals surface area (Å²) in [4.78, 5) is 5.84. The fourth-order valence-electron chi connectivity index (χ4n) is 2.11. The summed E-state index contributed by atoms with van der Waals surface area (Å²) in [6, 6.07) is 5.96. The first-order valence-electron chi connectivity index (χ1n) is 6.60. The molecule has 0 aliphatic heterocycles. The molecule has 0 fully saturated rings. The SMILES string of the molecule is CCc1nc(Cc2ccc(OC)c(OC)c2)sc1CN. The standard InChI is InChI=1S/C15H20N2O2S/c1-4-11-14(9-16)20-15(17-11)8-10-5-6-12(18-2)13(7-10)19-3/h5-7H,4,8-9,16H2,1-3H3. The third kappa shape index (κ3) is 3.11. The topological polar surface area (TPSA) is 57.4 Å². The lowest BCUT2D eigenvalue weighted by Crippen LogP contribution is -1.97. The van der Waals surface area contributed by atoms with Crippen LogP contribution in [-0.2, 0) is 19.4 Å². The second-order valence-corrected chi connectivity index (χ2v) is 5.57. The van der Waals surface area contributed by atoms with Crippen LogP contribution in [0.2, 0.25) is 0 Å². The average Bonchev–Trinajstić information content (AvgIpc) is 2.89. The van der Waals surface area contributed by atoms with Gasteiger partial charge in [0.1, 0.15) is 0 Å². The number of aromatic nitrogens is 1. The first kappa shape index (κ1) is 14.8. The fraction of sp³-hybridized carbons (Fsp3) is 0.400. The third-order valence-corrected chi connectivity index (χ3v) is 4.27. The monoisotopic (exact) mass is 292 g/mol. The van der Waals surface area contributed by atoms with Crippen molar-refractivity contribution in [3.05, 3.63) is 39.3 Å². The predicted molar refractivity (Wildman–Crippen MR) is 81.7 cm³/mol. The summed E-state index contributed by atoms with van der Waals surface area (Å²) in [6.45, 7) is 2.67. The van der Waals surface area contributed by atoms with E-state index in [1.54, 1.807) is 25.6 Å². The van der Waals surface area contributed by atoms with Crippen molar-refractivity contribution in [2.45, 2.75) is 26.3 Å². The molecule has 0 atom stereocenters. The number of ether oxygens (including phenoxy) is 2. The second kappa shape index (κ2) is 6.72. The number of methoxy groups -OCH3 is 2. The number of aryl methyl sites for hydroxylation is 1. The largest absolute Gasteiger partial charge is 0.493 e. The molecule has 0 radical (unpaired) electrons. The lowest BCUT2D eigenvalue weighted by Gasteiger charge is -2.08. The number of hydrogen-bond donors (Lipinski definition) is 1. The zero-order valence-electron chi connectivity index (χ0n) is 12.1. The highest BCUT2D eigenvalue weighted by molar-refractivity contribution is 7.11. The molecule has 5 heteroatoms. The number of nitrogens with two attached hydrogens (primary N) is 1. The third-order valence-electron chi connectivity index (χ3n) is 3.15. The van der Waals surface area contributed by atoms with E-state index in [1.165, 1.54) is 4.88 Å². The lowest BCUT2D eigenvalue weighted by molar-refractivity contribution is 0.354. The molecular weight excluding hydrogens is 272 g/mol. The van der Waals surface area contributed by atoms with Crippen molar-refractivity contribution in [2.24, 2.45) is 5.73 Å². The highest BCUT2D eigenvalue weighted by Gasteiger charge is 2.10. The minimum Gasteiger partial charge on any atom is -0.493 e. The Labute approximate surface area is 123 Å². The zero-order chi connectivity index (χ0) is 14.5. The van der Waals surface area contributed by atoms with Crippen LogP contribution in [-0.4, -0.2) is 19.2 Å². The summed E-state index contributed by atoms with van der Waals surface area (Å²) in [5.41, 5.74) is 8.02. The molecule has 0 amide bonds. The molecule has 2 aromatic rings. The molecule has 1 heterocycles. The van der Waals surface area contributed by atoms with Gasteiger partial charge in [-0.2, -0.15) is 0 Å². The Bertz CT molecular complexity index is 560. The van der Waals surface area contributed by atoms with Crippen LogP contribution in [0.4, 0.5) is 0 Å². The van der Waals surface area contributed by atoms with Crippen LogP contribution in [0.15, 0.2) is 18.2 Å². The number of hydrogen-bond acceptors (Lipinski definition) is 5. The first-order valence-corrected chi connectivity index (χ1v) is 7.41. The highest BCUT2D eigenvalue weighted by atomic mass is 32.1. The van der Waals surface area contributed by atoms with E-state index in [2.05, 4.69) is 11.9 Å². The molecule has 0 aliphatic carbocycles. The van der Waals surface area contributed by atoms with Gasteiger partial charge >= 0.3 is 0 Å². The molecule has 2 rings (SSSR count). The summed E-state index contributed by atoms with van der Waals surface area (Å²) >= 11 is 1.69. The van der Waals surface area contributed by atoms with Gasteiger partial charge in [0.05, 0.1) is 24.9 Å². The van der Waals surface area contributed by atoms with Gasteiger partial charge in [-0.15, -0.1) is 11.3 Å². The Balaban J connectivity index is 2.23. The maximum Gasteiger partial charge on any atom is 0.160 e. The van der Waals surface area contributed by atoms with E-state index in [9.17, 15) is 0 Å². The summed E-state index contributed by atoms with van der Waals surface area (Å²) in [5, 5.41) is 1.09. The fourth-order valence-corrected chi connectivity index (χ4v) is 3.18. The van der Waals surface area contributed by atoms with Gasteiger partial charge in [-0.3, -0.25) is 0 Å². The van der Waals surface area contributed by atoms with Gasteiger partial charge in [-0.1, -0.05) is 13.0 Å². The molecule has 1 aromatic carbocycles. The van der Waals surface area contributed by atoms with Crippen molar-refractivity contribution in [2.75, 3.05) is 14.2 Å². The van der Waals surface area contributed by atoms with Crippen molar-refractivity contribution in [3.63, 3.8) is 0 Å². The molecule has 0 bridgehead atoms. The summed E-state index contributed by atoms with van der Waals surface area (Å²) in [6.07, 6.45) is 1.72. The summed E-state index contributed by atoms with van der Waals surface area (Å²) < 4.78 is 10.6. The van der Waals surface area contributed by atoms with Gasteiger partial charge in [0.2, 0.25) is 0 Å². The minimum absolute atomic E-state index is 0.562. The molecule has 1 aromatic heterocycles. The molecule has 0 aliphatic rings. The molecule has 0 saturated carbocycles. The van der Waals surface area contributed by atoms with E-state index in [4.69, 9.17) is 15.2 Å². The number of rotatable bonds is 6. The van der Waals surface area contributed by atoms with Crippen molar-refractivity contribution >= 4 is 11.3 Å². The van der Waals surface area contributed by atoms with Crippen LogP contribution in [0.25, 0.3) is 0 Å². The molecule has 4 nitrogen and oxygen atoms in total. The molecule has 0 saturated heterocycles. The number of thiazole rings is 1. The van der Waals surface area contributed by atoms with E-state index in [1.807, 2.05) is 18.2 Å². The molecular formula is C15H20N2O2S. The Morgan fingerprint density at radius 2 is 1.95 bits per heavy atom.